The van der Waals surface area contributed by atoms with E-state index in [4.69, 9.17) is 0 Å². The number of allylic oxidation sites excluding steroid dienone is 1. The van der Waals surface area contributed by atoms with Gasteiger partial charge in [0, 0.05) is 0 Å². The molecule has 0 saturated heterocycles. The predicted octanol–water partition coefficient (Wildman–Crippen LogP) is 1.50. The van der Waals surface area contributed by atoms with Gasteiger partial charge in [0.2, 0.25) is 0 Å². The standard InChI is InChI=1S/C6H12Se2Si/c1-9(2,3)6(4-7)5-8/h4H,5H2,1-3H3/b6-4+. The second-order valence-corrected chi connectivity index (χ2v) is 9.28. The number of rotatable bonds is 2. The Balaban J connectivity index is 4.14. The summed E-state index contributed by atoms with van der Waals surface area (Å²) >= 11 is 6.00. The maximum absolute atomic E-state index is 3.05. The van der Waals surface area contributed by atoms with Gasteiger partial charge in [0.25, 0.3) is 0 Å². The van der Waals surface area contributed by atoms with Gasteiger partial charge in [-0.25, -0.2) is 0 Å². The van der Waals surface area contributed by atoms with Crippen LogP contribution in [0.3, 0.4) is 0 Å². The second kappa shape index (κ2) is 4.00. The zero-order valence-corrected chi connectivity index (χ0v) is 10.5. The van der Waals surface area contributed by atoms with E-state index in [0.717, 1.165) is 5.32 Å². The van der Waals surface area contributed by atoms with E-state index in [1.807, 2.05) is 0 Å². The molecule has 0 fully saturated rings. The van der Waals surface area contributed by atoms with Crippen molar-refractivity contribution < 1.29 is 0 Å². The van der Waals surface area contributed by atoms with Gasteiger partial charge in [-0.3, -0.25) is 0 Å². The molecule has 0 unspecified atom stereocenters. The van der Waals surface area contributed by atoms with Crippen LogP contribution in [0, 0.1) is 0 Å². The van der Waals surface area contributed by atoms with Crippen molar-refractivity contribution in [3.8, 4) is 0 Å². The predicted molar refractivity (Wildman–Crippen MR) is 47.7 cm³/mol. The molecule has 0 spiro atoms. The molecule has 0 amide bonds. The van der Waals surface area contributed by atoms with Crippen LogP contribution in [-0.2, 0) is 0 Å². The Morgan fingerprint density at radius 2 is 1.89 bits per heavy atom. The van der Waals surface area contributed by atoms with Gasteiger partial charge < -0.3 is 0 Å². The fourth-order valence-electron chi connectivity index (χ4n) is 0.427. The van der Waals surface area contributed by atoms with Crippen LogP contribution in [0.4, 0.5) is 0 Å². The van der Waals surface area contributed by atoms with Crippen molar-refractivity contribution in [2.75, 3.05) is 0 Å². The summed E-state index contributed by atoms with van der Waals surface area (Å²) in [5.74, 6) is 0. The first-order valence-corrected chi connectivity index (χ1v) is 8.62. The van der Waals surface area contributed by atoms with Crippen LogP contribution in [0.15, 0.2) is 10.2 Å². The van der Waals surface area contributed by atoms with Gasteiger partial charge in [-0.15, -0.1) is 0 Å². The Morgan fingerprint density at radius 3 is 1.89 bits per heavy atom. The second-order valence-electron chi connectivity index (χ2n) is 3.04. The van der Waals surface area contributed by atoms with Crippen molar-refractivity contribution in [1.29, 1.82) is 0 Å². The summed E-state index contributed by atoms with van der Waals surface area (Å²) in [5.41, 5.74) is 0. The quantitative estimate of drug-likeness (QED) is 0.667. The fraction of sp³-hybridized carbons (Fsp3) is 0.667. The van der Waals surface area contributed by atoms with Crippen molar-refractivity contribution in [3.63, 3.8) is 0 Å². The first-order chi connectivity index (χ1) is 4.02. The van der Waals surface area contributed by atoms with Crippen LogP contribution >= 0.6 is 0 Å². The Morgan fingerprint density at radius 1 is 1.44 bits per heavy atom. The normalized spacial score (nSPS) is 14.0. The summed E-state index contributed by atoms with van der Waals surface area (Å²) in [6, 6.07) is 0. The molecule has 0 aliphatic heterocycles. The molecule has 0 atom stereocenters. The van der Waals surface area contributed by atoms with Crippen molar-refractivity contribution in [3.05, 3.63) is 10.2 Å². The third-order valence-corrected chi connectivity index (χ3v) is 5.80. The molecule has 0 aliphatic rings. The van der Waals surface area contributed by atoms with E-state index in [1.54, 1.807) is 5.20 Å². The Labute approximate surface area is 75.1 Å². The van der Waals surface area contributed by atoms with Crippen molar-refractivity contribution in [2.45, 2.75) is 25.0 Å². The third-order valence-electron chi connectivity index (χ3n) is 1.26. The van der Waals surface area contributed by atoms with Crippen LogP contribution in [0.5, 0.6) is 0 Å². The molecule has 0 nitrogen and oxygen atoms in total. The molecule has 2 radical (unpaired) electrons. The van der Waals surface area contributed by atoms with Gasteiger partial charge >= 0.3 is 75.2 Å². The van der Waals surface area contributed by atoms with Crippen LogP contribution in [0.1, 0.15) is 0 Å². The van der Waals surface area contributed by atoms with E-state index in [1.165, 1.54) is 0 Å². The van der Waals surface area contributed by atoms with E-state index in [9.17, 15) is 0 Å². The van der Waals surface area contributed by atoms with E-state index in [-0.39, 0.29) is 0 Å². The first kappa shape index (κ1) is 10.00. The van der Waals surface area contributed by atoms with Gasteiger partial charge in [-0.05, 0) is 0 Å². The number of hydrogen-bond acceptors (Lipinski definition) is 0. The molecule has 0 bridgehead atoms. The van der Waals surface area contributed by atoms with Gasteiger partial charge in [-0.1, -0.05) is 0 Å². The van der Waals surface area contributed by atoms with Gasteiger partial charge in [0.05, 0.1) is 0 Å². The van der Waals surface area contributed by atoms with Crippen LogP contribution in [0.25, 0.3) is 0 Å². The van der Waals surface area contributed by atoms with E-state index in [2.05, 4.69) is 56.6 Å². The van der Waals surface area contributed by atoms with E-state index >= 15 is 0 Å². The van der Waals surface area contributed by atoms with Crippen molar-refractivity contribution in [2.24, 2.45) is 0 Å². The molecule has 0 N–H and O–H groups in total. The van der Waals surface area contributed by atoms with Crippen LogP contribution < -0.4 is 0 Å². The molecule has 0 rings (SSSR count). The SMILES string of the molecule is C[Si](C)(C)/C(=C/[Se])C[Se]. The molecule has 9 heavy (non-hydrogen) atoms. The molecule has 0 aliphatic carbocycles. The van der Waals surface area contributed by atoms with Crippen molar-refractivity contribution in [1.82, 2.24) is 0 Å². The molecular formula is C6H12Se2Si. The van der Waals surface area contributed by atoms with Crippen LogP contribution in [-0.4, -0.2) is 40.1 Å². The molecule has 3 heteroatoms. The average Bonchev–Trinajstić information content (AvgIpc) is 1.65. The fourth-order valence-corrected chi connectivity index (χ4v) is 7.05. The minimum atomic E-state index is -0.988. The molecule has 0 aromatic rings. The van der Waals surface area contributed by atoms with Gasteiger partial charge in [0.1, 0.15) is 0 Å². The summed E-state index contributed by atoms with van der Waals surface area (Å²) in [7, 11) is -0.988. The summed E-state index contributed by atoms with van der Waals surface area (Å²) in [4.78, 5) is 2.13. The van der Waals surface area contributed by atoms with Gasteiger partial charge in [-0.2, -0.15) is 0 Å². The summed E-state index contributed by atoms with van der Waals surface area (Å²) in [5, 5.41) is 2.66. The van der Waals surface area contributed by atoms with Crippen molar-refractivity contribution >= 4 is 40.1 Å². The number of hydrogen-bond donors (Lipinski definition) is 0. The van der Waals surface area contributed by atoms with E-state index in [0.29, 0.717) is 0 Å². The summed E-state index contributed by atoms with van der Waals surface area (Å²) in [6.45, 7) is 7.06. The first-order valence-electron chi connectivity index (χ1n) is 2.92. The van der Waals surface area contributed by atoms with Gasteiger partial charge in [0.15, 0.2) is 0 Å². The Hall–Kier alpha value is 0.996. The minimum absolute atomic E-state index is 0.988. The molecular weight excluding hydrogens is 258 g/mol. The molecule has 0 heterocycles. The summed E-state index contributed by atoms with van der Waals surface area (Å²) < 4.78 is 0. The Kier molecular flexibility index (Phi) is 4.44. The monoisotopic (exact) mass is 272 g/mol. The topological polar surface area (TPSA) is 0 Å². The molecule has 0 saturated carbocycles. The van der Waals surface area contributed by atoms with Crippen LogP contribution in [0.2, 0.25) is 25.0 Å². The van der Waals surface area contributed by atoms with E-state index < -0.39 is 8.07 Å². The summed E-state index contributed by atoms with van der Waals surface area (Å²) in [6.07, 6.45) is 0. The zero-order valence-electron chi connectivity index (χ0n) is 6.10. The average molecular weight is 270 g/mol. The molecule has 0 aromatic heterocycles. The Bertz CT molecular complexity index is 113. The maximum atomic E-state index is 3.05. The molecule has 0 aromatic carbocycles. The third kappa shape index (κ3) is 3.64. The zero-order chi connectivity index (χ0) is 7.49. The molecule has 52 valence electrons.